The summed E-state index contributed by atoms with van der Waals surface area (Å²) in [4.78, 5) is 25.4. The van der Waals surface area contributed by atoms with E-state index in [2.05, 4.69) is 6.92 Å². The van der Waals surface area contributed by atoms with E-state index in [-0.39, 0.29) is 9.09 Å². The Kier molecular flexibility index (Phi) is 5.17. The van der Waals surface area contributed by atoms with Crippen LogP contribution in [0.3, 0.4) is 0 Å². The summed E-state index contributed by atoms with van der Waals surface area (Å²) in [5.41, 5.74) is 0. The summed E-state index contributed by atoms with van der Waals surface area (Å²) in [6.07, 6.45) is 2.75. The average Bonchev–Trinajstić information content (AvgIpc) is 3.24. The van der Waals surface area contributed by atoms with E-state index in [0.717, 1.165) is 24.2 Å². The number of aliphatic carboxylic acids is 1. The van der Waals surface area contributed by atoms with E-state index in [1.165, 1.54) is 21.3 Å². The SMILES string of the molecule is CC1CCN(S(=O)(=O)c2ccc(C(=O)N3CCC[C@@H]3C(=O)O)s2)CC1. The Balaban J connectivity index is 1.78. The number of carbonyl (C=O) groups excluding carboxylic acids is 1. The maximum absolute atomic E-state index is 12.7. The first kappa shape index (κ1) is 18.3. The van der Waals surface area contributed by atoms with Crippen molar-refractivity contribution in [1.29, 1.82) is 0 Å². The summed E-state index contributed by atoms with van der Waals surface area (Å²) in [5.74, 6) is -0.892. The highest BCUT2D eigenvalue weighted by atomic mass is 32.2. The summed E-state index contributed by atoms with van der Waals surface area (Å²) in [5, 5.41) is 9.21. The molecule has 0 saturated carbocycles. The van der Waals surface area contributed by atoms with Crippen molar-refractivity contribution in [2.24, 2.45) is 5.92 Å². The van der Waals surface area contributed by atoms with Crippen LogP contribution in [0.4, 0.5) is 0 Å². The lowest BCUT2D eigenvalue weighted by molar-refractivity contribution is -0.141. The molecule has 25 heavy (non-hydrogen) atoms. The number of hydrogen-bond donors (Lipinski definition) is 1. The van der Waals surface area contributed by atoms with Gasteiger partial charge in [-0.3, -0.25) is 4.79 Å². The zero-order valence-corrected chi connectivity index (χ0v) is 15.7. The number of carboxylic acid groups (broad SMARTS) is 1. The first-order chi connectivity index (χ1) is 11.8. The highest BCUT2D eigenvalue weighted by Gasteiger charge is 2.36. The van der Waals surface area contributed by atoms with Crippen LogP contribution < -0.4 is 0 Å². The van der Waals surface area contributed by atoms with Crippen LogP contribution in [0.1, 0.15) is 42.3 Å². The highest BCUT2D eigenvalue weighted by molar-refractivity contribution is 7.91. The van der Waals surface area contributed by atoms with E-state index < -0.39 is 27.9 Å². The summed E-state index contributed by atoms with van der Waals surface area (Å²) in [6.45, 7) is 3.50. The number of likely N-dealkylation sites (tertiary alicyclic amines) is 1. The van der Waals surface area contributed by atoms with Crippen molar-refractivity contribution >= 4 is 33.2 Å². The van der Waals surface area contributed by atoms with Crippen LogP contribution in [-0.2, 0) is 14.8 Å². The number of carboxylic acids is 1. The lowest BCUT2D eigenvalue weighted by Gasteiger charge is -2.28. The molecule has 2 fully saturated rings. The zero-order chi connectivity index (χ0) is 18.2. The molecule has 0 aliphatic carbocycles. The van der Waals surface area contributed by atoms with Gasteiger partial charge in [-0.2, -0.15) is 4.31 Å². The van der Waals surface area contributed by atoms with E-state index in [1.807, 2.05) is 0 Å². The molecule has 2 aliphatic heterocycles. The minimum atomic E-state index is -3.59. The molecule has 9 heteroatoms. The Morgan fingerprint density at radius 2 is 1.84 bits per heavy atom. The number of amides is 1. The fourth-order valence-corrected chi connectivity index (χ4v) is 6.22. The van der Waals surface area contributed by atoms with E-state index in [4.69, 9.17) is 0 Å². The number of rotatable bonds is 4. The lowest BCUT2D eigenvalue weighted by atomic mass is 10.0. The van der Waals surface area contributed by atoms with Gasteiger partial charge in [0.15, 0.2) is 0 Å². The Hall–Kier alpha value is -1.45. The number of thiophene rings is 1. The maximum atomic E-state index is 12.7. The van der Waals surface area contributed by atoms with E-state index in [1.54, 1.807) is 0 Å². The third-order valence-electron chi connectivity index (χ3n) is 4.93. The maximum Gasteiger partial charge on any atom is 0.326 e. The molecule has 138 valence electrons. The van der Waals surface area contributed by atoms with Gasteiger partial charge in [-0.1, -0.05) is 6.92 Å². The van der Waals surface area contributed by atoms with E-state index >= 15 is 0 Å². The van der Waals surface area contributed by atoms with E-state index in [0.29, 0.717) is 38.4 Å². The number of hydrogen-bond acceptors (Lipinski definition) is 5. The highest BCUT2D eigenvalue weighted by Crippen LogP contribution is 2.30. The van der Waals surface area contributed by atoms with Gasteiger partial charge < -0.3 is 10.0 Å². The Morgan fingerprint density at radius 3 is 2.48 bits per heavy atom. The second kappa shape index (κ2) is 7.05. The molecule has 1 N–H and O–H groups in total. The summed E-state index contributed by atoms with van der Waals surface area (Å²) < 4.78 is 27.1. The predicted molar refractivity (Wildman–Crippen MR) is 93.2 cm³/mol. The molecule has 0 spiro atoms. The fraction of sp³-hybridized carbons (Fsp3) is 0.625. The number of nitrogens with zero attached hydrogens (tertiary/aromatic N) is 2. The van der Waals surface area contributed by atoms with Crippen LogP contribution in [0.25, 0.3) is 0 Å². The van der Waals surface area contributed by atoms with Crippen molar-refractivity contribution in [3.8, 4) is 0 Å². The molecule has 0 radical (unpaired) electrons. The van der Waals surface area contributed by atoms with Crippen molar-refractivity contribution in [3.63, 3.8) is 0 Å². The Labute approximate surface area is 151 Å². The number of carbonyl (C=O) groups is 2. The lowest BCUT2D eigenvalue weighted by Crippen LogP contribution is -2.40. The van der Waals surface area contributed by atoms with Gasteiger partial charge in [-0.25, -0.2) is 13.2 Å². The minimum absolute atomic E-state index is 0.150. The second-order valence-electron chi connectivity index (χ2n) is 6.70. The molecule has 2 aliphatic rings. The van der Waals surface area contributed by atoms with Gasteiger partial charge in [0.25, 0.3) is 15.9 Å². The molecule has 0 bridgehead atoms. The molecule has 1 atom stereocenters. The van der Waals surface area contributed by atoms with Gasteiger partial charge in [-0.15, -0.1) is 11.3 Å². The molecule has 3 heterocycles. The third-order valence-corrected chi connectivity index (χ3v) is 8.37. The number of sulfonamides is 1. The van der Waals surface area contributed by atoms with Crippen LogP contribution in [0.2, 0.25) is 0 Å². The first-order valence-corrected chi connectivity index (χ1v) is 10.7. The van der Waals surface area contributed by atoms with Crippen LogP contribution in [0.15, 0.2) is 16.3 Å². The Bertz CT molecular complexity index is 765. The molecular weight excluding hydrogens is 364 g/mol. The van der Waals surface area contributed by atoms with Gasteiger partial charge in [0.05, 0.1) is 4.88 Å². The molecule has 1 aromatic rings. The van der Waals surface area contributed by atoms with Crippen molar-refractivity contribution in [3.05, 3.63) is 17.0 Å². The standard InChI is InChI=1S/C16H22N2O5S2/c1-11-6-9-17(10-7-11)25(22,23)14-5-4-13(24-14)15(19)18-8-2-3-12(18)16(20)21/h4-5,11-12H,2-3,6-10H2,1H3,(H,20,21)/t12-/m1/s1. The smallest absolute Gasteiger partial charge is 0.326 e. The van der Waals surface area contributed by atoms with Gasteiger partial charge >= 0.3 is 5.97 Å². The largest absolute Gasteiger partial charge is 0.480 e. The van der Waals surface area contributed by atoms with Crippen LogP contribution in [-0.4, -0.2) is 60.3 Å². The minimum Gasteiger partial charge on any atom is -0.480 e. The van der Waals surface area contributed by atoms with Crippen molar-refractivity contribution in [2.45, 2.75) is 42.9 Å². The van der Waals surface area contributed by atoms with Crippen molar-refractivity contribution in [2.75, 3.05) is 19.6 Å². The Morgan fingerprint density at radius 1 is 1.16 bits per heavy atom. The van der Waals surface area contributed by atoms with Crippen LogP contribution in [0.5, 0.6) is 0 Å². The van der Waals surface area contributed by atoms with Gasteiger partial charge in [0.1, 0.15) is 10.3 Å². The monoisotopic (exact) mass is 386 g/mol. The average molecular weight is 386 g/mol. The molecular formula is C16H22N2O5S2. The van der Waals surface area contributed by atoms with Gasteiger partial charge in [0.2, 0.25) is 0 Å². The first-order valence-electron chi connectivity index (χ1n) is 8.44. The van der Waals surface area contributed by atoms with Crippen molar-refractivity contribution in [1.82, 2.24) is 9.21 Å². The molecule has 1 aromatic heterocycles. The molecule has 2 saturated heterocycles. The van der Waals surface area contributed by atoms with E-state index in [9.17, 15) is 23.1 Å². The quantitative estimate of drug-likeness (QED) is 0.852. The molecule has 0 unspecified atom stereocenters. The van der Waals surface area contributed by atoms with Crippen LogP contribution in [0, 0.1) is 5.92 Å². The second-order valence-corrected chi connectivity index (χ2v) is 9.95. The van der Waals surface area contributed by atoms with Gasteiger partial charge in [0, 0.05) is 19.6 Å². The molecule has 7 nitrogen and oxygen atoms in total. The summed E-state index contributed by atoms with van der Waals surface area (Å²) >= 11 is 0.929. The predicted octanol–water partition coefficient (Wildman–Crippen LogP) is 1.86. The van der Waals surface area contributed by atoms with Crippen LogP contribution >= 0.6 is 11.3 Å². The zero-order valence-electron chi connectivity index (χ0n) is 14.1. The third kappa shape index (κ3) is 3.58. The van der Waals surface area contributed by atoms with Gasteiger partial charge in [-0.05, 0) is 43.7 Å². The molecule has 1 amide bonds. The molecule has 0 aromatic carbocycles. The molecule has 3 rings (SSSR count). The number of piperidine rings is 1. The van der Waals surface area contributed by atoms with Crippen molar-refractivity contribution < 1.29 is 23.1 Å². The fourth-order valence-electron chi connectivity index (χ4n) is 3.33. The summed E-state index contributed by atoms with van der Waals surface area (Å²) in [6, 6.07) is 2.12. The summed E-state index contributed by atoms with van der Waals surface area (Å²) in [7, 11) is -3.59. The topological polar surface area (TPSA) is 95.0 Å². The normalized spacial score (nSPS) is 23.1.